The standard InChI is InChI=1S/C23H32N4O3S/c1-23(2,3)22-20(15-27(24-22)18-7-4-5-8-18)31(29,30)25-12-16-11-17(14-25)19-9-6-10-21(28)26(19)13-16/h6,9-10,15-18H,4-5,7-8,11-14H2,1-3H3. The third kappa shape index (κ3) is 3.57. The van der Waals surface area contributed by atoms with E-state index in [9.17, 15) is 13.2 Å². The first kappa shape index (κ1) is 20.9. The average Bonchev–Trinajstić information content (AvgIpc) is 3.38. The van der Waals surface area contributed by atoms with Crippen molar-refractivity contribution in [2.24, 2.45) is 5.92 Å². The first-order chi connectivity index (χ1) is 14.6. The Labute approximate surface area is 184 Å². The Morgan fingerprint density at radius 1 is 1.06 bits per heavy atom. The van der Waals surface area contributed by atoms with Gasteiger partial charge >= 0.3 is 0 Å². The Morgan fingerprint density at radius 3 is 2.52 bits per heavy atom. The molecular formula is C23H32N4O3S. The van der Waals surface area contributed by atoms with Gasteiger partial charge in [-0.05, 0) is 31.2 Å². The monoisotopic (exact) mass is 444 g/mol. The number of fused-ring (bicyclic) bond motifs is 4. The topological polar surface area (TPSA) is 77.2 Å². The molecule has 0 aromatic carbocycles. The van der Waals surface area contributed by atoms with Crippen molar-refractivity contribution in [2.45, 2.75) is 81.7 Å². The Kier molecular flexibility index (Phi) is 4.93. The summed E-state index contributed by atoms with van der Waals surface area (Å²) in [5, 5.41) is 4.81. The fourth-order valence-corrected chi connectivity index (χ4v) is 7.52. The van der Waals surface area contributed by atoms with E-state index >= 15 is 0 Å². The van der Waals surface area contributed by atoms with Crippen molar-refractivity contribution in [3.63, 3.8) is 0 Å². The summed E-state index contributed by atoms with van der Waals surface area (Å²) < 4.78 is 33.2. The number of pyridine rings is 1. The van der Waals surface area contributed by atoms with Crippen LogP contribution in [0.5, 0.6) is 0 Å². The summed E-state index contributed by atoms with van der Waals surface area (Å²) in [5.74, 6) is 0.211. The lowest BCUT2D eigenvalue weighted by Gasteiger charge is -2.42. The van der Waals surface area contributed by atoms with Gasteiger partial charge < -0.3 is 4.57 Å². The maximum Gasteiger partial charge on any atom is 0.250 e. The number of hydrogen-bond donors (Lipinski definition) is 0. The molecule has 0 radical (unpaired) electrons. The highest BCUT2D eigenvalue weighted by atomic mass is 32.2. The molecule has 168 valence electrons. The summed E-state index contributed by atoms with van der Waals surface area (Å²) in [4.78, 5) is 12.7. The molecule has 1 saturated carbocycles. The molecule has 2 aromatic rings. The molecule has 5 rings (SSSR count). The fraction of sp³-hybridized carbons (Fsp3) is 0.652. The van der Waals surface area contributed by atoms with E-state index in [2.05, 4.69) is 0 Å². The maximum atomic E-state index is 13.9. The first-order valence-electron chi connectivity index (χ1n) is 11.4. The first-order valence-corrected chi connectivity index (χ1v) is 12.9. The van der Waals surface area contributed by atoms with E-state index in [0.29, 0.717) is 36.3 Å². The molecule has 2 aromatic heterocycles. The molecule has 2 bridgehead atoms. The predicted molar refractivity (Wildman–Crippen MR) is 119 cm³/mol. The number of aromatic nitrogens is 3. The average molecular weight is 445 g/mol. The van der Waals surface area contributed by atoms with Gasteiger partial charge in [0.2, 0.25) is 10.0 Å². The van der Waals surface area contributed by atoms with Gasteiger partial charge in [0.15, 0.2) is 0 Å². The van der Waals surface area contributed by atoms with Crippen molar-refractivity contribution in [3.8, 4) is 0 Å². The Hall–Kier alpha value is -1.93. The molecule has 31 heavy (non-hydrogen) atoms. The number of hydrogen-bond acceptors (Lipinski definition) is 4. The molecule has 3 aliphatic rings. The molecule has 2 atom stereocenters. The Balaban J connectivity index is 1.52. The maximum absolute atomic E-state index is 13.9. The van der Waals surface area contributed by atoms with Gasteiger partial charge in [-0.25, -0.2) is 8.42 Å². The molecule has 2 aliphatic heterocycles. The highest BCUT2D eigenvalue weighted by Crippen LogP contribution is 2.39. The van der Waals surface area contributed by atoms with E-state index in [4.69, 9.17) is 5.10 Å². The van der Waals surface area contributed by atoms with Crippen molar-refractivity contribution >= 4 is 10.0 Å². The van der Waals surface area contributed by atoms with E-state index in [-0.39, 0.29) is 22.8 Å². The summed E-state index contributed by atoms with van der Waals surface area (Å²) in [6.45, 7) is 7.55. The summed E-state index contributed by atoms with van der Waals surface area (Å²) in [6.07, 6.45) is 7.18. The van der Waals surface area contributed by atoms with Crippen molar-refractivity contribution in [1.82, 2.24) is 18.7 Å². The lowest BCUT2D eigenvalue weighted by Crippen LogP contribution is -2.49. The molecule has 2 unspecified atom stereocenters. The van der Waals surface area contributed by atoms with Crippen LogP contribution in [0.15, 0.2) is 34.1 Å². The van der Waals surface area contributed by atoms with Gasteiger partial charge in [-0.3, -0.25) is 9.48 Å². The van der Waals surface area contributed by atoms with Crippen molar-refractivity contribution in [1.29, 1.82) is 0 Å². The van der Waals surface area contributed by atoms with E-state index in [1.54, 1.807) is 22.6 Å². The minimum atomic E-state index is -3.68. The Morgan fingerprint density at radius 2 is 1.81 bits per heavy atom. The number of sulfonamides is 1. The zero-order chi connectivity index (χ0) is 22.0. The van der Waals surface area contributed by atoms with Crippen LogP contribution in [0, 0.1) is 5.92 Å². The van der Waals surface area contributed by atoms with Gasteiger partial charge in [-0.1, -0.05) is 39.7 Å². The molecule has 1 saturated heterocycles. The normalized spacial score (nSPS) is 25.0. The van der Waals surface area contributed by atoms with Gasteiger partial charge in [0.25, 0.3) is 5.56 Å². The summed E-state index contributed by atoms with van der Waals surface area (Å²) in [5.41, 5.74) is 1.27. The van der Waals surface area contributed by atoms with Crippen LogP contribution in [-0.2, 0) is 22.0 Å². The second-order valence-corrected chi connectivity index (χ2v) is 12.4. The van der Waals surface area contributed by atoms with Crippen LogP contribution in [0.25, 0.3) is 0 Å². The summed E-state index contributed by atoms with van der Waals surface area (Å²) in [6, 6.07) is 5.64. The van der Waals surface area contributed by atoms with Gasteiger partial charge in [-0.2, -0.15) is 9.40 Å². The highest BCUT2D eigenvalue weighted by Gasteiger charge is 2.42. The highest BCUT2D eigenvalue weighted by molar-refractivity contribution is 7.89. The zero-order valence-electron chi connectivity index (χ0n) is 18.6. The van der Waals surface area contributed by atoms with Crippen LogP contribution >= 0.6 is 0 Å². The minimum Gasteiger partial charge on any atom is -0.312 e. The predicted octanol–water partition coefficient (Wildman–Crippen LogP) is 3.27. The number of rotatable bonds is 3. The minimum absolute atomic E-state index is 0.0105. The molecule has 1 aliphatic carbocycles. The van der Waals surface area contributed by atoms with E-state index in [1.165, 1.54) is 12.8 Å². The second-order valence-electron chi connectivity index (χ2n) is 10.5. The van der Waals surface area contributed by atoms with Crippen LogP contribution in [0.1, 0.15) is 76.2 Å². The lowest BCUT2D eigenvalue weighted by molar-refractivity contribution is 0.186. The Bertz CT molecular complexity index is 1150. The molecule has 2 fully saturated rings. The third-order valence-electron chi connectivity index (χ3n) is 7.17. The van der Waals surface area contributed by atoms with Crippen LogP contribution in [0.2, 0.25) is 0 Å². The molecular weight excluding hydrogens is 412 g/mol. The van der Waals surface area contributed by atoms with Crippen LogP contribution in [0.3, 0.4) is 0 Å². The summed E-state index contributed by atoms with van der Waals surface area (Å²) in [7, 11) is -3.68. The van der Waals surface area contributed by atoms with E-state index in [0.717, 1.165) is 25.0 Å². The van der Waals surface area contributed by atoms with Crippen molar-refractivity contribution in [3.05, 3.63) is 46.1 Å². The summed E-state index contributed by atoms with van der Waals surface area (Å²) >= 11 is 0. The third-order valence-corrected chi connectivity index (χ3v) is 9.00. The SMILES string of the molecule is CC(C)(C)c1nn(C2CCCC2)cc1S(=O)(=O)N1CC2CC(C1)c1cccc(=O)n1C2. The van der Waals surface area contributed by atoms with Gasteiger partial charge in [0.05, 0.1) is 11.7 Å². The van der Waals surface area contributed by atoms with Gasteiger partial charge in [0, 0.05) is 48.9 Å². The van der Waals surface area contributed by atoms with Crippen molar-refractivity contribution < 1.29 is 8.42 Å². The molecule has 0 spiro atoms. The second kappa shape index (κ2) is 7.30. The zero-order valence-corrected chi connectivity index (χ0v) is 19.4. The van der Waals surface area contributed by atoms with E-state index in [1.807, 2.05) is 36.1 Å². The smallest absolute Gasteiger partial charge is 0.250 e. The van der Waals surface area contributed by atoms with Crippen LogP contribution in [0.4, 0.5) is 0 Å². The lowest BCUT2D eigenvalue weighted by atomic mass is 9.84. The number of piperidine rings is 1. The molecule has 7 nitrogen and oxygen atoms in total. The van der Waals surface area contributed by atoms with Crippen LogP contribution in [-0.4, -0.2) is 40.2 Å². The largest absolute Gasteiger partial charge is 0.312 e. The molecule has 4 heterocycles. The quantitative estimate of drug-likeness (QED) is 0.728. The van der Waals surface area contributed by atoms with E-state index < -0.39 is 10.0 Å². The van der Waals surface area contributed by atoms with Crippen LogP contribution < -0.4 is 5.56 Å². The van der Waals surface area contributed by atoms with Gasteiger partial charge in [0.1, 0.15) is 4.90 Å². The fourth-order valence-electron chi connectivity index (χ4n) is 5.63. The molecule has 0 amide bonds. The molecule has 0 N–H and O–H groups in total. The number of nitrogens with zero attached hydrogens (tertiary/aromatic N) is 4. The molecule has 8 heteroatoms. The van der Waals surface area contributed by atoms with Gasteiger partial charge in [-0.15, -0.1) is 0 Å². The van der Waals surface area contributed by atoms with Crippen molar-refractivity contribution in [2.75, 3.05) is 13.1 Å².